The van der Waals surface area contributed by atoms with Crippen LogP contribution in [0.3, 0.4) is 0 Å². The number of carbonyl (C=O) groups excluding carboxylic acids is 5. The summed E-state index contributed by atoms with van der Waals surface area (Å²) >= 11 is 0. The van der Waals surface area contributed by atoms with Gasteiger partial charge in [-0.05, 0) is 117 Å². The zero-order chi connectivity index (χ0) is 54.0. The van der Waals surface area contributed by atoms with Gasteiger partial charge in [0.05, 0.1) is 23.9 Å². The predicted molar refractivity (Wildman–Crippen MR) is 285 cm³/mol. The molecule has 5 aromatic rings. The minimum Gasteiger partial charge on any atom is -0.508 e. The maximum atomic E-state index is 14.5. The van der Waals surface area contributed by atoms with Gasteiger partial charge in [-0.3, -0.25) is 28.9 Å². The van der Waals surface area contributed by atoms with Crippen LogP contribution >= 0.6 is 0 Å². The standard InChI is InChI=1S/C58H74N8O9/c1-35(2)28-46(51(69)58(7)34-75-58)60-56(73)48(30-39-16-12-9-13-17-39)62-55(72)47(29-36(3)4)61-54(71)45(23-20-38-14-10-8-11-15-38)59-53(70)41-24-26-65(27-25-41)33-40-18-21-42(22-19-40)66-52(63-64-57(66)74)44-31-43(37(5)6)49(67)32-50(44)68/h8-19,21-22,31-32,35-37,41,45-48,67-68H,20,23-30,33-34H2,1-7H3,(H,59,70)(H,60,73)(H,61,71)(H,62,72)(H,64,74)/t45-,46-,47-,48-,58+/m0/s1. The van der Waals surface area contributed by atoms with E-state index < -0.39 is 47.5 Å². The number of nitrogens with zero attached hydrogens (tertiary/aromatic N) is 4. The van der Waals surface area contributed by atoms with Gasteiger partial charge in [-0.15, -0.1) is 5.10 Å². The van der Waals surface area contributed by atoms with Crippen LogP contribution in [-0.2, 0) is 48.1 Å². The number of aryl methyl sites for hydroxylation is 1. The molecule has 0 saturated carbocycles. The average molecular weight is 1030 g/mol. The highest BCUT2D eigenvalue weighted by atomic mass is 16.6. The van der Waals surface area contributed by atoms with Gasteiger partial charge in [0.1, 0.15) is 35.2 Å². The molecule has 0 aliphatic carbocycles. The molecule has 7 N–H and O–H groups in total. The summed E-state index contributed by atoms with van der Waals surface area (Å²) in [5.41, 5.74) is 3.33. The Morgan fingerprint density at radius 2 is 1.23 bits per heavy atom. The highest BCUT2D eigenvalue weighted by Gasteiger charge is 2.50. The third kappa shape index (κ3) is 14.8. The van der Waals surface area contributed by atoms with E-state index >= 15 is 0 Å². The van der Waals surface area contributed by atoms with Gasteiger partial charge >= 0.3 is 6.01 Å². The van der Waals surface area contributed by atoms with Crippen molar-refractivity contribution < 1.29 is 44.0 Å². The molecule has 3 heterocycles. The summed E-state index contributed by atoms with van der Waals surface area (Å²) in [4.78, 5) is 72.9. The van der Waals surface area contributed by atoms with Gasteiger partial charge in [-0.2, -0.15) is 0 Å². The molecule has 2 saturated heterocycles. The zero-order valence-electron chi connectivity index (χ0n) is 44.2. The van der Waals surface area contributed by atoms with Gasteiger partial charge in [-0.25, -0.2) is 4.57 Å². The summed E-state index contributed by atoms with van der Waals surface area (Å²) in [7, 11) is 0. The number of hydrogen-bond donors (Lipinski definition) is 7. The Hall–Kier alpha value is -7.11. The summed E-state index contributed by atoms with van der Waals surface area (Å²) in [6.45, 7) is 15.5. The first-order valence-corrected chi connectivity index (χ1v) is 26.3. The Morgan fingerprint density at radius 1 is 0.667 bits per heavy atom. The largest absolute Gasteiger partial charge is 0.508 e. The molecule has 0 spiro atoms. The number of piperidine rings is 1. The van der Waals surface area contributed by atoms with Crippen LogP contribution in [0.15, 0.2) is 97.1 Å². The van der Waals surface area contributed by atoms with Crippen molar-refractivity contribution in [3.63, 3.8) is 0 Å². The molecule has 2 fully saturated rings. The van der Waals surface area contributed by atoms with E-state index in [2.05, 4.69) is 36.4 Å². The Labute approximate surface area is 439 Å². The first-order chi connectivity index (χ1) is 35.8. The van der Waals surface area contributed by atoms with E-state index in [1.807, 2.05) is 126 Å². The quantitative estimate of drug-likeness (QED) is 0.0322. The van der Waals surface area contributed by atoms with Crippen LogP contribution in [0.4, 0.5) is 0 Å². The number of epoxide rings is 1. The number of benzene rings is 4. The van der Waals surface area contributed by atoms with Crippen molar-refractivity contribution in [3.8, 4) is 34.6 Å². The lowest BCUT2D eigenvalue weighted by Crippen LogP contribution is -2.59. The SMILES string of the molecule is CC(C)C[C@H](NC(=O)[C@H](CCc1ccccc1)NC(=O)C1CCN(Cc2ccc(-n3c(O)nnc3-c3cc(C(C)C)c(O)cc3O)cc2)CC1)C(=O)N[C@@H](Cc1ccccc1)C(=O)N[C@@H](CC(C)C)C(=O)[C@@]1(C)CO1. The molecule has 2 aliphatic heterocycles. The van der Waals surface area contributed by atoms with Gasteiger partial charge < -0.3 is 41.3 Å². The van der Waals surface area contributed by atoms with Crippen molar-refractivity contribution in [3.05, 3.63) is 119 Å². The van der Waals surface area contributed by atoms with E-state index in [1.54, 1.807) is 13.0 Å². The Bertz CT molecular complexity index is 2750. The van der Waals surface area contributed by atoms with E-state index in [1.165, 1.54) is 10.6 Å². The number of Topliss-reactive ketones (excluding diaryl/α,β-unsaturated/α-hetero) is 1. The second kappa shape index (κ2) is 24.9. The average Bonchev–Trinajstić information content (AvgIpc) is 4.03. The van der Waals surface area contributed by atoms with Crippen molar-refractivity contribution in [1.82, 2.24) is 40.9 Å². The van der Waals surface area contributed by atoms with Gasteiger partial charge in [-0.1, -0.05) is 119 Å². The van der Waals surface area contributed by atoms with Crippen molar-refractivity contribution in [1.29, 1.82) is 0 Å². The summed E-state index contributed by atoms with van der Waals surface area (Å²) in [6, 6.07) is 25.2. The van der Waals surface area contributed by atoms with Gasteiger partial charge in [0.25, 0.3) is 0 Å². The molecule has 4 aromatic carbocycles. The molecule has 17 heteroatoms. The molecule has 17 nitrogen and oxygen atoms in total. The van der Waals surface area contributed by atoms with Gasteiger partial charge in [0.15, 0.2) is 11.6 Å². The Kier molecular flexibility index (Phi) is 18.5. The minimum absolute atomic E-state index is 0.0317. The van der Waals surface area contributed by atoms with Crippen molar-refractivity contribution in [2.24, 2.45) is 17.8 Å². The van der Waals surface area contributed by atoms with Crippen molar-refractivity contribution >= 4 is 29.4 Å². The fraction of sp³-hybridized carbons (Fsp3) is 0.466. The summed E-state index contributed by atoms with van der Waals surface area (Å²) in [5.74, 6) is -2.38. The molecule has 0 radical (unpaired) electrons. The number of phenols is 2. The lowest BCUT2D eigenvalue weighted by Gasteiger charge is -2.32. The second-order valence-electron chi connectivity index (χ2n) is 21.6. The topological polar surface area (TPSA) is 241 Å². The lowest BCUT2D eigenvalue weighted by molar-refractivity contribution is -0.135. The highest BCUT2D eigenvalue weighted by molar-refractivity contribution is 5.99. The molecule has 1 aromatic heterocycles. The predicted octanol–water partition coefficient (Wildman–Crippen LogP) is 6.65. The number of aromatic nitrogens is 3. The first kappa shape index (κ1) is 55.6. The van der Waals surface area contributed by atoms with E-state index in [0.717, 1.165) is 16.7 Å². The van der Waals surface area contributed by atoms with E-state index in [0.29, 0.717) is 62.1 Å². The maximum absolute atomic E-state index is 14.5. The van der Waals surface area contributed by atoms with Crippen LogP contribution < -0.4 is 21.3 Å². The fourth-order valence-electron chi connectivity index (χ4n) is 9.70. The number of likely N-dealkylation sites (tertiary alicyclic amines) is 1. The number of amides is 4. The van der Waals surface area contributed by atoms with E-state index in [-0.39, 0.29) is 84.6 Å². The van der Waals surface area contributed by atoms with Crippen LogP contribution in [0.2, 0.25) is 0 Å². The highest BCUT2D eigenvalue weighted by Crippen LogP contribution is 2.39. The molecule has 5 atom stereocenters. The number of aromatic hydroxyl groups is 3. The number of rotatable bonds is 24. The smallest absolute Gasteiger partial charge is 0.319 e. The molecular weight excluding hydrogens is 953 g/mol. The number of ether oxygens (including phenoxy) is 1. The van der Waals surface area contributed by atoms with Crippen LogP contribution in [0.25, 0.3) is 17.1 Å². The third-order valence-electron chi connectivity index (χ3n) is 14.1. The normalized spacial score (nSPS) is 17.5. The van der Waals surface area contributed by atoms with Crippen LogP contribution in [0, 0.1) is 17.8 Å². The summed E-state index contributed by atoms with van der Waals surface area (Å²) in [6.07, 6.45) is 2.69. The summed E-state index contributed by atoms with van der Waals surface area (Å²) < 4.78 is 6.88. The molecule has 75 heavy (non-hydrogen) atoms. The molecule has 0 unspecified atom stereocenters. The number of phenolic OH excluding ortho intramolecular Hbond substituents is 2. The molecule has 4 amide bonds. The third-order valence-corrected chi connectivity index (χ3v) is 14.1. The fourth-order valence-corrected chi connectivity index (χ4v) is 9.70. The second-order valence-corrected chi connectivity index (χ2v) is 21.6. The molecule has 0 bridgehead atoms. The van der Waals surface area contributed by atoms with Gasteiger partial charge in [0, 0.05) is 24.9 Å². The Balaban J connectivity index is 1.00. The van der Waals surface area contributed by atoms with Crippen LogP contribution in [0.1, 0.15) is 109 Å². The molecule has 7 rings (SSSR count). The van der Waals surface area contributed by atoms with Crippen molar-refractivity contribution in [2.75, 3.05) is 19.7 Å². The summed E-state index contributed by atoms with van der Waals surface area (Å²) in [5, 5.41) is 51.8. The van der Waals surface area contributed by atoms with Crippen LogP contribution in [-0.4, -0.2) is 114 Å². The first-order valence-electron chi connectivity index (χ1n) is 26.3. The van der Waals surface area contributed by atoms with E-state index in [9.17, 15) is 39.3 Å². The number of ketones is 1. The lowest BCUT2D eigenvalue weighted by atomic mass is 9.93. The molecule has 400 valence electrons. The van der Waals surface area contributed by atoms with Gasteiger partial charge in [0.2, 0.25) is 23.6 Å². The Morgan fingerprint density at radius 3 is 1.83 bits per heavy atom. The minimum atomic E-state index is -1.07. The molecule has 2 aliphatic rings. The molecular formula is C58H74N8O9. The van der Waals surface area contributed by atoms with Crippen molar-refractivity contribution in [2.45, 2.75) is 136 Å². The maximum Gasteiger partial charge on any atom is 0.319 e. The van der Waals surface area contributed by atoms with Crippen LogP contribution in [0.5, 0.6) is 17.5 Å². The number of nitrogens with one attached hydrogen (secondary N) is 4. The number of carbonyl (C=O) groups is 5. The monoisotopic (exact) mass is 1030 g/mol. The number of hydrogen-bond acceptors (Lipinski definition) is 12. The zero-order valence-corrected chi connectivity index (χ0v) is 44.2. The van der Waals surface area contributed by atoms with E-state index in [4.69, 9.17) is 4.74 Å².